The maximum Gasteiger partial charge on any atom is 0.223 e. The summed E-state index contributed by atoms with van der Waals surface area (Å²) < 4.78 is 8.86. The summed E-state index contributed by atoms with van der Waals surface area (Å²) in [5.41, 5.74) is 3.44. The van der Waals surface area contributed by atoms with Crippen LogP contribution in [0.15, 0.2) is 47.5 Å². The predicted molar refractivity (Wildman–Crippen MR) is 120 cm³/mol. The van der Waals surface area contributed by atoms with Gasteiger partial charge in [-0.05, 0) is 52.9 Å². The number of rotatable bonds is 8. The third kappa shape index (κ3) is 4.68. The molecular formula is C21H19BrClN7O. The molecular weight excluding hydrogens is 482 g/mol. The number of nitrogens with one attached hydrogen (secondary N) is 1. The molecule has 3 heterocycles. The normalized spacial score (nSPS) is 13.6. The molecule has 0 atom stereocenters. The van der Waals surface area contributed by atoms with Crippen molar-refractivity contribution in [1.82, 2.24) is 35.3 Å². The van der Waals surface area contributed by atoms with Gasteiger partial charge in [0.25, 0.3) is 0 Å². The van der Waals surface area contributed by atoms with E-state index in [9.17, 15) is 0 Å². The lowest BCUT2D eigenvalue weighted by molar-refractivity contribution is 0.450. The highest BCUT2D eigenvalue weighted by Crippen LogP contribution is 2.37. The summed E-state index contributed by atoms with van der Waals surface area (Å²) in [6.07, 6.45) is 9.14. The van der Waals surface area contributed by atoms with Crippen LogP contribution >= 0.6 is 27.5 Å². The molecule has 0 spiro atoms. The Balaban J connectivity index is 1.35. The first-order valence-electron chi connectivity index (χ1n) is 9.97. The minimum Gasteiger partial charge on any atom is -0.437 e. The van der Waals surface area contributed by atoms with Crippen LogP contribution in [0, 0.1) is 5.92 Å². The molecule has 0 aliphatic heterocycles. The zero-order valence-corrected chi connectivity index (χ0v) is 18.8. The number of pyridine rings is 1. The van der Waals surface area contributed by atoms with Crippen LogP contribution in [0.1, 0.15) is 24.1 Å². The molecule has 1 saturated carbocycles. The summed E-state index contributed by atoms with van der Waals surface area (Å²) in [6.45, 7) is 1.99. The highest BCUT2D eigenvalue weighted by Gasteiger charge is 2.24. The Bertz CT molecular complexity index is 1210. The van der Waals surface area contributed by atoms with Crippen LogP contribution in [0.5, 0.6) is 11.6 Å². The second-order valence-electron chi connectivity index (χ2n) is 7.48. The Kier molecular flexibility index (Phi) is 5.80. The van der Waals surface area contributed by atoms with Crippen molar-refractivity contribution in [2.24, 2.45) is 5.92 Å². The van der Waals surface area contributed by atoms with E-state index in [2.05, 4.69) is 46.5 Å². The monoisotopic (exact) mass is 499 g/mol. The molecule has 0 unspecified atom stereocenters. The van der Waals surface area contributed by atoms with E-state index in [1.54, 1.807) is 24.8 Å². The van der Waals surface area contributed by atoms with Gasteiger partial charge in [0, 0.05) is 50.0 Å². The third-order valence-corrected chi connectivity index (χ3v) is 6.03. The second kappa shape index (κ2) is 8.86. The molecule has 0 radical (unpaired) electrons. The van der Waals surface area contributed by atoms with E-state index in [0.29, 0.717) is 29.7 Å². The number of hydrogen-bond donors (Lipinski definition) is 1. The van der Waals surface area contributed by atoms with E-state index in [1.165, 1.54) is 12.8 Å². The fourth-order valence-electron chi connectivity index (χ4n) is 3.28. The number of nitrogens with zero attached hydrogens (tertiary/aromatic N) is 6. The number of halogens is 2. The Morgan fingerprint density at radius 3 is 2.87 bits per heavy atom. The van der Waals surface area contributed by atoms with Gasteiger partial charge in [0.15, 0.2) is 0 Å². The summed E-state index contributed by atoms with van der Waals surface area (Å²) >= 11 is 9.81. The lowest BCUT2D eigenvalue weighted by Crippen LogP contribution is -2.14. The van der Waals surface area contributed by atoms with Gasteiger partial charge in [-0.25, -0.2) is 9.67 Å². The fraction of sp³-hybridized carbons (Fsp3) is 0.286. The van der Waals surface area contributed by atoms with Gasteiger partial charge in [-0.3, -0.25) is 9.97 Å². The number of fused-ring (bicyclic) bond motifs is 1. The summed E-state index contributed by atoms with van der Waals surface area (Å²) in [6, 6.07) is 5.73. The molecule has 0 bridgehead atoms. The molecule has 1 aromatic carbocycles. The Hall–Kier alpha value is -2.62. The van der Waals surface area contributed by atoms with Gasteiger partial charge < -0.3 is 10.1 Å². The van der Waals surface area contributed by atoms with Gasteiger partial charge in [-0.2, -0.15) is 0 Å². The Labute approximate surface area is 192 Å². The summed E-state index contributed by atoms with van der Waals surface area (Å²) in [7, 11) is 0. The number of hydrogen-bond acceptors (Lipinski definition) is 7. The van der Waals surface area contributed by atoms with Gasteiger partial charge >= 0.3 is 0 Å². The van der Waals surface area contributed by atoms with E-state index < -0.39 is 0 Å². The van der Waals surface area contributed by atoms with E-state index in [4.69, 9.17) is 16.3 Å². The first kappa shape index (κ1) is 20.3. The van der Waals surface area contributed by atoms with Crippen LogP contribution < -0.4 is 10.1 Å². The molecule has 158 valence electrons. The lowest BCUT2D eigenvalue weighted by atomic mass is 10.2. The molecule has 0 amide bonds. The molecule has 1 aliphatic rings. The first-order chi connectivity index (χ1) is 15.2. The van der Waals surface area contributed by atoms with Gasteiger partial charge in [0.1, 0.15) is 11.3 Å². The van der Waals surface area contributed by atoms with Crippen molar-refractivity contribution in [3.63, 3.8) is 0 Å². The van der Waals surface area contributed by atoms with Crippen LogP contribution in [-0.2, 0) is 19.6 Å². The Morgan fingerprint density at radius 2 is 2.06 bits per heavy atom. The van der Waals surface area contributed by atoms with Gasteiger partial charge in [0.2, 0.25) is 5.88 Å². The van der Waals surface area contributed by atoms with Crippen LogP contribution in [0.25, 0.3) is 11.0 Å². The van der Waals surface area contributed by atoms with Crippen LogP contribution in [0.2, 0.25) is 5.02 Å². The van der Waals surface area contributed by atoms with Crippen molar-refractivity contribution < 1.29 is 4.74 Å². The average molecular weight is 501 g/mol. The maximum atomic E-state index is 6.18. The molecule has 0 saturated heterocycles. The summed E-state index contributed by atoms with van der Waals surface area (Å²) in [5.74, 6) is 1.81. The van der Waals surface area contributed by atoms with Crippen LogP contribution in [0.4, 0.5) is 0 Å². The first-order valence-corrected chi connectivity index (χ1v) is 11.1. The third-order valence-electron chi connectivity index (χ3n) is 5.06. The number of aromatic nitrogens is 6. The van der Waals surface area contributed by atoms with Crippen LogP contribution in [0.3, 0.4) is 0 Å². The van der Waals surface area contributed by atoms with E-state index >= 15 is 0 Å². The van der Waals surface area contributed by atoms with Gasteiger partial charge in [-0.15, -0.1) is 5.10 Å². The standard InChI is InChI=1S/C21H19BrClN7O/c22-19-18(4-3-17-20(19)28-29-30(17)12-13-1-2-13)31-21-14(7-15(23)9-27-21)8-25-11-16-10-24-5-6-26-16/h3-7,9-10,13,25H,1-2,8,11-12H2. The van der Waals surface area contributed by atoms with Crippen molar-refractivity contribution in [3.8, 4) is 11.6 Å². The average Bonchev–Trinajstić information content (AvgIpc) is 3.50. The quantitative estimate of drug-likeness (QED) is 0.380. The maximum absolute atomic E-state index is 6.18. The summed E-state index contributed by atoms with van der Waals surface area (Å²) in [5, 5.41) is 12.5. The summed E-state index contributed by atoms with van der Waals surface area (Å²) in [4.78, 5) is 12.7. The molecule has 10 heteroatoms. The Morgan fingerprint density at radius 1 is 1.16 bits per heavy atom. The number of benzene rings is 1. The van der Waals surface area contributed by atoms with Crippen molar-refractivity contribution in [2.45, 2.75) is 32.5 Å². The topological polar surface area (TPSA) is 90.6 Å². The van der Waals surface area contributed by atoms with Crippen LogP contribution in [-0.4, -0.2) is 29.9 Å². The van der Waals surface area contributed by atoms with Gasteiger partial charge in [0.05, 0.1) is 20.7 Å². The lowest BCUT2D eigenvalue weighted by Gasteiger charge is -2.12. The molecule has 1 fully saturated rings. The number of ether oxygens (including phenoxy) is 1. The molecule has 3 aromatic heterocycles. The SMILES string of the molecule is Clc1cnc(Oc2ccc3c(nnn3CC3CC3)c2Br)c(CNCc2cnccn2)c1. The largest absolute Gasteiger partial charge is 0.437 e. The molecule has 8 nitrogen and oxygen atoms in total. The zero-order chi connectivity index (χ0) is 21.2. The molecule has 4 aromatic rings. The van der Waals surface area contributed by atoms with E-state index in [-0.39, 0.29) is 0 Å². The molecule has 5 rings (SSSR count). The zero-order valence-electron chi connectivity index (χ0n) is 16.5. The minimum atomic E-state index is 0.474. The van der Waals surface area contributed by atoms with Crippen molar-refractivity contribution in [1.29, 1.82) is 0 Å². The highest BCUT2D eigenvalue weighted by molar-refractivity contribution is 9.10. The predicted octanol–water partition coefficient (Wildman–Crippen LogP) is 4.52. The van der Waals surface area contributed by atoms with Gasteiger partial charge in [-0.1, -0.05) is 16.8 Å². The highest BCUT2D eigenvalue weighted by atomic mass is 79.9. The van der Waals surface area contributed by atoms with E-state index in [1.807, 2.05) is 22.9 Å². The molecule has 1 N–H and O–H groups in total. The van der Waals surface area contributed by atoms with Crippen molar-refractivity contribution >= 4 is 38.6 Å². The minimum absolute atomic E-state index is 0.474. The fourth-order valence-corrected chi connectivity index (χ4v) is 3.96. The second-order valence-corrected chi connectivity index (χ2v) is 8.71. The molecule has 31 heavy (non-hydrogen) atoms. The molecule has 1 aliphatic carbocycles. The smallest absolute Gasteiger partial charge is 0.223 e. The van der Waals surface area contributed by atoms with Crippen molar-refractivity contribution in [3.05, 3.63) is 63.7 Å². The van der Waals surface area contributed by atoms with Crippen molar-refractivity contribution in [2.75, 3.05) is 0 Å². The van der Waals surface area contributed by atoms with E-state index in [0.717, 1.165) is 39.2 Å².